The summed E-state index contributed by atoms with van der Waals surface area (Å²) in [5.74, 6) is 0. The van der Waals surface area contributed by atoms with Crippen molar-refractivity contribution in [2.24, 2.45) is 0 Å². The normalized spacial score (nSPS) is 16.2. The van der Waals surface area contributed by atoms with E-state index in [1.807, 2.05) is 0 Å². The minimum atomic E-state index is -4.86. The van der Waals surface area contributed by atoms with Gasteiger partial charge in [-0.1, -0.05) is 0 Å². The highest BCUT2D eigenvalue weighted by Gasteiger charge is 2.50. The summed E-state index contributed by atoms with van der Waals surface area (Å²) in [6.07, 6.45) is -6.42. The van der Waals surface area contributed by atoms with Gasteiger partial charge >= 0.3 is 12.4 Å². The summed E-state index contributed by atoms with van der Waals surface area (Å²) in [5, 5.41) is 0. The Labute approximate surface area is 117 Å². The van der Waals surface area contributed by atoms with Crippen LogP contribution >= 0.6 is 0 Å². The Hall–Kier alpha value is -2.07. The number of hydrogen-bond donors (Lipinski definition) is 0. The van der Waals surface area contributed by atoms with Gasteiger partial charge in [0.2, 0.25) is 0 Å². The summed E-state index contributed by atoms with van der Waals surface area (Å²) in [6.45, 7) is 0. The van der Waals surface area contributed by atoms with E-state index in [1.165, 1.54) is 24.3 Å². The van der Waals surface area contributed by atoms with Crippen molar-refractivity contribution in [2.45, 2.75) is 18.8 Å². The zero-order valence-corrected chi connectivity index (χ0v) is 10.5. The summed E-state index contributed by atoms with van der Waals surface area (Å²) in [7, 11) is 0. The lowest BCUT2D eigenvalue weighted by Gasteiger charge is -2.17. The molecule has 6 heteroatoms. The van der Waals surface area contributed by atoms with Crippen LogP contribution in [0.2, 0.25) is 0 Å². The van der Waals surface area contributed by atoms with Crippen LogP contribution in [0.4, 0.5) is 26.3 Å². The van der Waals surface area contributed by atoms with Crippen LogP contribution in [0.3, 0.4) is 0 Å². The maximum atomic E-state index is 12.9. The molecule has 1 aromatic rings. The molecule has 0 aliphatic heterocycles. The second-order valence-electron chi connectivity index (χ2n) is 4.33. The molecule has 0 saturated heterocycles. The second-order valence-corrected chi connectivity index (χ2v) is 4.33. The van der Waals surface area contributed by atoms with E-state index >= 15 is 0 Å². The Kier molecular flexibility index (Phi) is 3.92. The molecule has 0 aromatic heterocycles. The Bertz CT molecular complexity index is 567. The molecular formula is C15H9F6+. The minimum absolute atomic E-state index is 0.153. The first-order valence-corrected chi connectivity index (χ1v) is 5.94. The highest BCUT2D eigenvalue weighted by Crippen LogP contribution is 2.43. The molecule has 0 N–H and O–H groups in total. The van der Waals surface area contributed by atoms with Crippen molar-refractivity contribution in [3.63, 3.8) is 0 Å². The van der Waals surface area contributed by atoms with Crippen LogP contribution in [0.15, 0.2) is 59.2 Å². The van der Waals surface area contributed by atoms with Gasteiger partial charge in [-0.05, 0) is 36.8 Å². The molecule has 0 fully saturated rings. The predicted molar refractivity (Wildman–Crippen MR) is 65.2 cm³/mol. The lowest BCUT2D eigenvalue weighted by atomic mass is 9.89. The fraction of sp³-hybridized carbons (Fsp3) is 0.200. The first-order chi connectivity index (χ1) is 9.69. The van der Waals surface area contributed by atoms with Crippen LogP contribution in [-0.2, 0) is 0 Å². The molecule has 1 aliphatic rings. The van der Waals surface area contributed by atoms with Crippen LogP contribution in [0.25, 0.3) is 0 Å². The van der Waals surface area contributed by atoms with Crippen LogP contribution < -0.4 is 0 Å². The van der Waals surface area contributed by atoms with E-state index in [-0.39, 0.29) is 5.56 Å². The SMILES string of the molecule is FC(F)(F)C1=CCC=C(C(F)(F)F)C1=[C+]c1ccccc1. The highest BCUT2D eigenvalue weighted by atomic mass is 19.4. The van der Waals surface area contributed by atoms with Crippen molar-refractivity contribution in [2.75, 3.05) is 0 Å². The zero-order valence-electron chi connectivity index (χ0n) is 10.5. The van der Waals surface area contributed by atoms with Crippen LogP contribution in [0.5, 0.6) is 0 Å². The summed E-state index contributed by atoms with van der Waals surface area (Å²) < 4.78 is 77.6. The molecule has 0 unspecified atom stereocenters. The molecule has 0 heterocycles. The van der Waals surface area contributed by atoms with E-state index in [9.17, 15) is 26.3 Å². The van der Waals surface area contributed by atoms with Crippen molar-refractivity contribution < 1.29 is 26.3 Å². The Morgan fingerprint density at radius 3 is 1.67 bits per heavy atom. The van der Waals surface area contributed by atoms with Gasteiger partial charge in [-0.3, -0.25) is 0 Å². The first-order valence-electron chi connectivity index (χ1n) is 5.94. The number of allylic oxidation sites excluding steroid dienone is 5. The standard InChI is InChI=1S/C15H9F6/c16-14(17,18)12-7-4-8-13(15(19,20)21)11(12)9-10-5-2-1-3-6-10/h1-3,5-8H,4H2/q+1. The third kappa shape index (κ3) is 3.52. The molecule has 0 amide bonds. The number of halogens is 6. The van der Waals surface area contributed by atoms with Gasteiger partial charge < -0.3 is 0 Å². The number of rotatable bonds is 1. The largest absolute Gasteiger partial charge is 0.447 e. The van der Waals surface area contributed by atoms with Crippen molar-refractivity contribution in [3.05, 3.63) is 70.8 Å². The first kappa shape index (κ1) is 15.3. The molecule has 0 saturated carbocycles. The van der Waals surface area contributed by atoms with Crippen molar-refractivity contribution in [1.29, 1.82) is 0 Å². The molecule has 1 aromatic carbocycles. The monoisotopic (exact) mass is 303 g/mol. The Morgan fingerprint density at radius 2 is 1.24 bits per heavy atom. The second kappa shape index (κ2) is 5.37. The average Bonchev–Trinajstić information content (AvgIpc) is 2.37. The van der Waals surface area contributed by atoms with Crippen molar-refractivity contribution in [3.8, 4) is 0 Å². The van der Waals surface area contributed by atoms with Gasteiger partial charge in [0.25, 0.3) is 0 Å². The number of alkyl halides is 6. The lowest BCUT2D eigenvalue weighted by molar-refractivity contribution is -0.0981. The fourth-order valence-electron chi connectivity index (χ4n) is 1.96. The third-order valence-electron chi connectivity index (χ3n) is 2.84. The fourth-order valence-corrected chi connectivity index (χ4v) is 1.96. The van der Waals surface area contributed by atoms with Crippen LogP contribution in [0, 0.1) is 6.08 Å². The Balaban J connectivity index is 2.56. The molecule has 0 spiro atoms. The van der Waals surface area contributed by atoms with Gasteiger partial charge in [0.15, 0.2) is 0 Å². The Morgan fingerprint density at radius 1 is 0.762 bits per heavy atom. The van der Waals surface area contributed by atoms with Gasteiger partial charge in [-0.2, -0.15) is 26.3 Å². The summed E-state index contributed by atoms with van der Waals surface area (Å²) in [4.78, 5) is 0. The van der Waals surface area contributed by atoms with Gasteiger partial charge in [0, 0.05) is 18.2 Å². The average molecular weight is 303 g/mol. The summed E-state index contributed by atoms with van der Waals surface area (Å²) in [5.41, 5.74) is -3.42. The van der Waals surface area contributed by atoms with E-state index < -0.39 is 35.5 Å². The van der Waals surface area contributed by atoms with E-state index in [0.717, 1.165) is 12.2 Å². The molecule has 1 aliphatic carbocycles. The van der Waals surface area contributed by atoms with E-state index in [2.05, 4.69) is 6.08 Å². The summed E-state index contributed by atoms with van der Waals surface area (Å²) in [6, 6.07) is 7.42. The van der Waals surface area contributed by atoms with Gasteiger partial charge in [-0.15, -0.1) is 0 Å². The quantitative estimate of drug-likeness (QED) is 0.497. The highest BCUT2D eigenvalue weighted by molar-refractivity contribution is 5.54. The molecule has 0 atom stereocenters. The van der Waals surface area contributed by atoms with Crippen molar-refractivity contribution in [1.82, 2.24) is 0 Å². The van der Waals surface area contributed by atoms with E-state index in [1.54, 1.807) is 6.07 Å². The molecule has 0 nitrogen and oxygen atoms in total. The smallest absolute Gasteiger partial charge is 0.159 e. The third-order valence-corrected chi connectivity index (χ3v) is 2.84. The maximum Gasteiger partial charge on any atom is 0.447 e. The molecule has 0 radical (unpaired) electrons. The molecule has 2 rings (SSSR count). The topological polar surface area (TPSA) is 0 Å². The van der Waals surface area contributed by atoms with Gasteiger partial charge in [0.05, 0.1) is 0 Å². The maximum absolute atomic E-state index is 12.9. The van der Waals surface area contributed by atoms with Crippen molar-refractivity contribution >= 4 is 0 Å². The molecule has 21 heavy (non-hydrogen) atoms. The summed E-state index contributed by atoms with van der Waals surface area (Å²) >= 11 is 0. The van der Waals surface area contributed by atoms with E-state index in [4.69, 9.17) is 0 Å². The lowest BCUT2D eigenvalue weighted by Crippen LogP contribution is -2.23. The molecular weight excluding hydrogens is 294 g/mol. The van der Waals surface area contributed by atoms with E-state index in [0.29, 0.717) is 0 Å². The molecule has 110 valence electrons. The predicted octanol–water partition coefficient (Wildman–Crippen LogP) is 5.15. The minimum Gasteiger partial charge on any atom is -0.159 e. The molecule has 0 bridgehead atoms. The number of benzene rings is 1. The zero-order chi connectivity index (χ0) is 15.7. The van der Waals surface area contributed by atoms with Crippen LogP contribution in [0.1, 0.15) is 12.0 Å². The number of hydrogen-bond acceptors (Lipinski definition) is 0. The van der Waals surface area contributed by atoms with Gasteiger partial charge in [0.1, 0.15) is 22.3 Å². The van der Waals surface area contributed by atoms with Crippen LogP contribution in [-0.4, -0.2) is 12.4 Å². The van der Waals surface area contributed by atoms with Gasteiger partial charge in [-0.25, -0.2) is 0 Å².